The summed E-state index contributed by atoms with van der Waals surface area (Å²) in [5, 5.41) is 11.6. The predicted molar refractivity (Wildman–Crippen MR) is 130 cm³/mol. The lowest BCUT2D eigenvalue weighted by Crippen LogP contribution is -2.40. The Labute approximate surface area is 189 Å². The van der Waals surface area contributed by atoms with E-state index < -0.39 is 0 Å². The fourth-order valence-corrected chi connectivity index (χ4v) is 3.52. The van der Waals surface area contributed by atoms with Crippen molar-refractivity contribution >= 4 is 47.2 Å². The summed E-state index contributed by atoms with van der Waals surface area (Å²) < 4.78 is 0. The van der Waals surface area contributed by atoms with Crippen molar-refractivity contribution in [2.75, 3.05) is 26.2 Å². The molecule has 0 saturated carbocycles. The molecular weight excluding hydrogens is 483 g/mol. The third kappa shape index (κ3) is 10.1. The molecule has 154 valence electrons. The maximum Gasteiger partial charge on any atom is 0.241 e. The first-order valence-corrected chi connectivity index (χ1v) is 10.4. The minimum Gasteiger partial charge on any atom is -0.357 e. The van der Waals surface area contributed by atoms with Crippen LogP contribution in [0.4, 0.5) is 0 Å². The number of aliphatic imine (C=N–C) groups is 1. The summed E-state index contributed by atoms with van der Waals surface area (Å²) in [5.74, 6) is 1.12. The van der Waals surface area contributed by atoms with E-state index in [1.165, 1.54) is 10.4 Å². The summed E-state index contributed by atoms with van der Waals surface area (Å²) in [6.07, 6.45) is 1.87. The molecule has 1 aromatic heterocycles. The van der Waals surface area contributed by atoms with E-state index in [4.69, 9.17) is 0 Å². The van der Waals surface area contributed by atoms with Crippen LogP contribution >= 0.6 is 35.3 Å². The third-order valence-corrected chi connectivity index (χ3v) is 4.95. The number of halogens is 1. The monoisotopic (exact) mass is 514 g/mol. The minimum absolute atomic E-state index is 0. The Hall–Kier alpha value is -1.61. The second-order valence-corrected chi connectivity index (χ2v) is 7.58. The van der Waals surface area contributed by atoms with Gasteiger partial charge in [0.2, 0.25) is 5.91 Å². The van der Waals surface area contributed by atoms with Gasteiger partial charge in [-0.25, -0.2) is 4.99 Å². The Balaban J connectivity index is 0.00000392. The number of rotatable bonds is 10. The topological polar surface area (TPSA) is 65.5 Å². The average Bonchev–Trinajstić information content (AvgIpc) is 3.18. The van der Waals surface area contributed by atoms with Crippen LogP contribution in [-0.2, 0) is 17.6 Å². The number of carbonyl (C=O) groups excluding carboxylic acids is 1. The first-order valence-electron chi connectivity index (χ1n) is 9.52. The molecule has 1 aromatic carbocycles. The standard InChI is InChI=1S/C21H30N4OS.HI/c1-3-22-21(24-15-17(2)14-19-10-7-13-27-19)25-16-20(26)23-12-11-18-8-5-4-6-9-18;/h4-10,13,17H,3,11-12,14-16H2,1-2H3,(H,23,26)(H2,22,24,25);1H. The van der Waals surface area contributed by atoms with E-state index in [1.54, 1.807) is 11.3 Å². The Morgan fingerprint density at radius 3 is 2.57 bits per heavy atom. The Bertz CT molecular complexity index is 692. The van der Waals surface area contributed by atoms with Crippen molar-refractivity contribution < 1.29 is 4.79 Å². The molecule has 2 rings (SSSR count). The summed E-state index contributed by atoms with van der Waals surface area (Å²) in [6, 6.07) is 14.4. The van der Waals surface area contributed by atoms with Crippen LogP contribution in [0.1, 0.15) is 24.3 Å². The number of hydrogen-bond acceptors (Lipinski definition) is 3. The molecule has 2 aromatic rings. The van der Waals surface area contributed by atoms with Crippen LogP contribution in [0, 0.1) is 5.92 Å². The number of nitrogens with zero attached hydrogens (tertiary/aromatic N) is 1. The zero-order valence-electron chi connectivity index (χ0n) is 16.6. The maximum atomic E-state index is 12.0. The summed E-state index contributed by atoms with van der Waals surface area (Å²) in [5.41, 5.74) is 1.22. The van der Waals surface area contributed by atoms with Crippen LogP contribution in [0.25, 0.3) is 0 Å². The molecule has 0 radical (unpaired) electrons. The largest absolute Gasteiger partial charge is 0.357 e. The van der Waals surface area contributed by atoms with Gasteiger partial charge in [0.25, 0.3) is 0 Å². The molecule has 3 N–H and O–H groups in total. The molecule has 1 heterocycles. The van der Waals surface area contributed by atoms with Crippen LogP contribution in [-0.4, -0.2) is 38.0 Å². The van der Waals surface area contributed by atoms with Crippen molar-refractivity contribution in [1.82, 2.24) is 16.0 Å². The number of carbonyl (C=O) groups is 1. The highest BCUT2D eigenvalue weighted by molar-refractivity contribution is 14.0. The molecule has 0 fully saturated rings. The molecule has 0 aliphatic heterocycles. The molecule has 1 unspecified atom stereocenters. The van der Waals surface area contributed by atoms with Gasteiger partial charge in [-0.1, -0.05) is 43.3 Å². The Kier molecular flexibility index (Phi) is 12.6. The van der Waals surface area contributed by atoms with Crippen LogP contribution in [0.3, 0.4) is 0 Å². The Morgan fingerprint density at radius 2 is 1.89 bits per heavy atom. The molecule has 28 heavy (non-hydrogen) atoms. The van der Waals surface area contributed by atoms with Gasteiger partial charge in [-0.15, -0.1) is 35.3 Å². The molecular formula is C21H31IN4OS. The molecule has 0 bridgehead atoms. The second-order valence-electron chi connectivity index (χ2n) is 6.55. The predicted octanol–water partition coefficient (Wildman–Crippen LogP) is 3.46. The molecule has 0 spiro atoms. The summed E-state index contributed by atoms with van der Waals surface area (Å²) in [4.78, 5) is 17.8. The fourth-order valence-electron chi connectivity index (χ4n) is 2.65. The number of guanidine groups is 1. The second kappa shape index (κ2) is 14.4. The summed E-state index contributed by atoms with van der Waals surface area (Å²) >= 11 is 1.79. The first kappa shape index (κ1) is 24.4. The smallest absolute Gasteiger partial charge is 0.241 e. The molecule has 0 aliphatic rings. The van der Waals surface area contributed by atoms with Crippen LogP contribution in [0.2, 0.25) is 0 Å². The van der Waals surface area contributed by atoms with Crippen molar-refractivity contribution in [2.45, 2.75) is 26.7 Å². The van der Waals surface area contributed by atoms with E-state index >= 15 is 0 Å². The quantitative estimate of drug-likeness (QED) is 0.259. The molecule has 5 nitrogen and oxygen atoms in total. The Morgan fingerprint density at radius 1 is 1.11 bits per heavy atom. The van der Waals surface area contributed by atoms with Gasteiger partial charge in [-0.05, 0) is 42.7 Å². The lowest BCUT2D eigenvalue weighted by atomic mass is 10.1. The SMILES string of the molecule is CCNC(=NCC(=O)NCCc1ccccc1)NCC(C)Cc1cccs1.I. The van der Waals surface area contributed by atoms with Crippen molar-refractivity contribution in [2.24, 2.45) is 10.9 Å². The van der Waals surface area contributed by atoms with Gasteiger partial charge in [0, 0.05) is 24.5 Å². The van der Waals surface area contributed by atoms with E-state index in [9.17, 15) is 4.79 Å². The van der Waals surface area contributed by atoms with Gasteiger partial charge in [0.1, 0.15) is 6.54 Å². The lowest BCUT2D eigenvalue weighted by Gasteiger charge is -2.15. The fraction of sp³-hybridized carbons (Fsp3) is 0.429. The van der Waals surface area contributed by atoms with Crippen LogP contribution < -0.4 is 16.0 Å². The zero-order valence-corrected chi connectivity index (χ0v) is 19.8. The minimum atomic E-state index is -0.0604. The highest BCUT2D eigenvalue weighted by Gasteiger charge is 2.07. The van der Waals surface area contributed by atoms with Crippen LogP contribution in [0.15, 0.2) is 52.8 Å². The molecule has 0 saturated heterocycles. The highest BCUT2D eigenvalue weighted by atomic mass is 127. The van der Waals surface area contributed by atoms with E-state index in [0.29, 0.717) is 18.4 Å². The van der Waals surface area contributed by atoms with Crippen LogP contribution in [0.5, 0.6) is 0 Å². The normalized spacial score (nSPS) is 12.0. The summed E-state index contributed by atoms with van der Waals surface area (Å²) in [7, 11) is 0. The first-order chi connectivity index (χ1) is 13.2. The van der Waals surface area contributed by atoms with Gasteiger partial charge in [-0.3, -0.25) is 4.79 Å². The molecule has 1 atom stereocenters. The molecule has 7 heteroatoms. The van der Waals surface area contributed by atoms with E-state index in [0.717, 1.165) is 25.9 Å². The molecule has 0 aliphatic carbocycles. The van der Waals surface area contributed by atoms with E-state index in [1.807, 2.05) is 25.1 Å². The van der Waals surface area contributed by atoms with Crippen molar-refractivity contribution in [1.29, 1.82) is 0 Å². The van der Waals surface area contributed by atoms with Gasteiger partial charge < -0.3 is 16.0 Å². The van der Waals surface area contributed by atoms with E-state index in [2.05, 4.69) is 57.5 Å². The maximum absolute atomic E-state index is 12.0. The van der Waals surface area contributed by atoms with Gasteiger partial charge in [-0.2, -0.15) is 0 Å². The van der Waals surface area contributed by atoms with Gasteiger partial charge in [0.15, 0.2) is 5.96 Å². The number of nitrogens with one attached hydrogen (secondary N) is 3. The van der Waals surface area contributed by atoms with Crippen molar-refractivity contribution in [3.05, 3.63) is 58.3 Å². The number of hydrogen-bond donors (Lipinski definition) is 3. The van der Waals surface area contributed by atoms with Gasteiger partial charge in [0.05, 0.1) is 0 Å². The zero-order chi connectivity index (χ0) is 19.3. The highest BCUT2D eigenvalue weighted by Crippen LogP contribution is 2.13. The average molecular weight is 514 g/mol. The third-order valence-electron chi connectivity index (χ3n) is 4.05. The molecule has 1 amide bonds. The van der Waals surface area contributed by atoms with Crippen molar-refractivity contribution in [3.8, 4) is 0 Å². The number of thiophene rings is 1. The van der Waals surface area contributed by atoms with Crippen molar-refractivity contribution in [3.63, 3.8) is 0 Å². The van der Waals surface area contributed by atoms with E-state index in [-0.39, 0.29) is 36.4 Å². The summed E-state index contributed by atoms with van der Waals surface area (Å²) in [6.45, 7) is 6.57. The number of amides is 1. The number of benzene rings is 1. The lowest BCUT2D eigenvalue weighted by molar-refractivity contribution is -0.119. The van der Waals surface area contributed by atoms with Gasteiger partial charge >= 0.3 is 0 Å².